The Bertz CT molecular complexity index is 796. The summed E-state index contributed by atoms with van der Waals surface area (Å²) in [4.78, 5) is 26.9. The Balaban J connectivity index is 1.76. The molecule has 0 radical (unpaired) electrons. The molecule has 0 aliphatic carbocycles. The normalized spacial score (nSPS) is 17.0. The SMILES string of the molecule is CCc1cccc(C)c1N1CC(C(=O)Nc2ccc(C)cc2)CC1=O. The molecule has 1 N–H and O–H groups in total. The molecule has 0 spiro atoms. The molecule has 0 saturated carbocycles. The average molecular weight is 336 g/mol. The highest BCUT2D eigenvalue weighted by atomic mass is 16.2. The van der Waals surface area contributed by atoms with Crippen molar-refractivity contribution in [3.05, 3.63) is 59.2 Å². The van der Waals surface area contributed by atoms with E-state index in [2.05, 4.69) is 18.3 Å². The molecular weight excluding hydrogens is 312 g/mol. The molecular formula is C21H24N2O2. The molecule has 25 heavy (non-hydrogen) atoms. The maximum absolute atomic E-state index is 12.6. The predicted molar refractivity (Wildman–Crippen MR) is 101 cm³/mol. The van der Waals surface area contributed by atoms with E-state index in [-0.39, 0.29) is 24.2 Å². The lowest BCUT2D eigenvalue weighted by Gasteiger charge is -2.22. The average Bonchev–Trinajstić information content (AvgIpc) is 2.98. The number of hydrogen-bond acceptors (Lipinski definition) is 2. The number of para-hydroxylation sites is 1. The number of benzene rings is 2. The first kappa shape index (κ1) is 17.2. The van der Waals surface area contributed by atoms with Crippen LogP contribution in [-0.2, 0) is 16.0 Å². The predicted octanol–water partition coefficient (Wildman–Crippen LogP) is 3.86. The zero-order valence-electron chi connectivity index (χ0n) is 15.0. The fourth-order valence-electron chi connectivity index (χ4n) is 3.37. The Morgan fingerprint density at radius 1 is 1.16 bits per heavy atom. The van der Waals surface area contributed by atoms with Crippen molar-refractivity contribution in [1.29, 1.82) is 0 Å². The van der Waals surface area contributed by atoms with Gasteiger partial charge in [0.25, 0.3) is 0 Å². The highest BCUT2D eigenvalue weighted by Gasteiger charge is 2.36. The van der Waals surface area contributed by atoms with Gasteiger partial charge in [0.1, 0.15) is 0 Å². The van der Waals surface area contributed by atoms with Crippen LogP contribution >= 0.6 is 0 Å². The summed E-state index contributed by atoms with van der Waals surface area (Å²) in [6, 6.07) is 13.8. The molecule has 1 atom stereocenters. The standard InChI is InChI=1S/C21H24N2O2/c1-4-16-7-5-6-15(3)20(16)23-13-17(12-19(23)24)21(25)22-18-10-8-14(2)9-11-18/h5-11,17H,4,12-13H2,1-3H3,(H,22,25). The smallest absolute Gasteiger partial charge is 0.229 e. The van der Waals surface area contributed by atoms with Crippen LogP contribution in [0.25, 0.3) is 0 Å². The van der Waals surface area contributed by atoms with E-state index < -0.39 is 0 Å². The lowest BCUT2D eigenvalue weighted by atomic mass is 10.0. The zero-order valence-corrected chi connectivity index (χ0v) is 15.0. The molecule has 2 aromatic rings. The van der Waals surface area contributed by atoms with Crippen molar-refractivity contribution >= 4 is 23.2 Å². The minimum Gasteiger partial charge on any atom is -0.326 e. The molecule has 1 unspecified atom stereocenters. The number of anilines is 2. The van der Waals surface area contributed by atoms with Crippen LogP contribution in [0.1, 0.15) is 30.0 Å². The van der Waals surface area contributed by atoms with Gasteiger partial charge in [0.05, 0.1) is 5.92 Å². The summed E-state index contributed by atoms with van der Waals surface area (Å²) >= 11 is 0. The first-order chi connectivity index (χ1) is 12.0. The van der Waals surface area contributed by atoms with Gasteiger partial charge in [-0.25, -0.2) is 0 Å². The van der Waals surface area contributed by atoms with Gasteiger partial charge in [-0.2, -0.15) is 0 Å². The van der Waals surface area contributed by atoms with Crippen molar-refractivity contribution in [2.75, 3.05) is 16.8 Å². The first-order valence-corrected chi connectivity index (χ1v) is 8.76. The number of nitrogens with zero attached hydrogens (tertiary/aromatic N) is 1. The Kier molecular flexibility index (Phi) is 4.88. The van der Waals surface area contributed by atoms with Crippen molar-refractivity contribution < 1.29 is 9.59 Å². The molecule has 1 saturated heterocycles. The molecule has 4 heteroatoms. The van der Waals surface area contributed by atoms with Gasteiger partial charge in [-0.05, 0) is 43.5 Å². The quantitative estimate of drug-likeness (QED) is 0.922. The molecule has 1 aliphatic heterocycles. The third kappa shape index (κ3) is 3.58. The summed E-state index contributed by atoms with van der Waals surface area (Å²) in [7, 11) is 0. The second-order valence-electron chi connectivity index (χ2n) is 6.70. The van der Waals surface area contributed by atoms with Gasteiger partial charge >= 0.3 is 0 Å². The second kappa shape index (κ2) is 7.09. The molecule has 3 rings (SSSR count). The number of carbonyl (C=O) groups is 2. The van der Waals surface area contributed by atoms with E-state index >= 15 is 0 Å². The summed E-state index contributed by atoms with van der Waals surface area (Å²) in [5, 5.41) is 2.93. The van der Waals surface area contributed by atoms with Gasteiger partial charge in [-0.3, -0.25) is 9.59 Å². The number of rotatable bonds is 4. The van der Waals surface area contributed by atoms with E-state index in [0.29, 0.717) is 6.54 Å². The number of nitrogens with one attached hydrogen (secondary N) is 1. The Morgan fingerprint density at radius 2 is 1.88 bits per heavy atom. The van der Waals surface area contributed by atoms with Gasteiger partial charge < -0.3 is 10.2 Å². The van der Waals surface area contributed by atoms with Crippen LogP contribution in [0.5, 0.6) is 0 Å². The molecule has 4 nitrogen and oxygen atoms in total. The Labute approximate surface area is 148 Å². The maximum atomic E-state index is 12.6. The number of aryl methyl sites for hydroxylation is 3. The van der Waals surface area contributed by atoms with E-state index in [1.165, 1.54) is 0 Å². The van der Waals surface area contributed by atoms with E-state index in [1.807, 2.05) is 50.2 Å². The lowest BCUT2D eigenvalue weighted by molar-refractivity contribution is -0.122. The monoisotopic (exact) mass is 336 g/mol. The van der Waals surface area contributed by atoms with Crippen LogP contribution in [0.15, 0.2) is 42.5 Å². The van der Waals surface area contributed by atoms with E-state index in [9.17, 15) is 9.59 Å². The molecule has 0 bridgehead atoms. The molecule has 130 valence electrons. The minimum atomic E-state index is -0.321. The highest BCUT2D eigenvalue weighted by molar-refractivity contribution is 6.04. The third-order valence-electron chi connectivity index (χ3n) is 4.79. The molecule has 0 aromatic heterocycles. The fraction of sp³-hybridized carbons (Fsp3) is 0.333. The minimum absolute atomic E-state index is 0.0213. The highest BCUT2D eigenvalue weighted by Crippen LogP contribution is 2.32. The van der Waals surface area contributed by atoms with Crippen molar-refractivity contribution in [2.45, 2.75) is 33.6 Å². The van der Waals surface area contributed by atoms with Crippen LogP contribution < -0.4 is 10.2 Å². The molecule has 1 heterocycles. The van der Waals surface area contributed by atoms with Crippen LogP contribution in [0.3, 0.4) is 0 Å². The summed E-state index contributed by atoms with van der Waals surface area (Å²) < 4.78 is 0. The van der Waals surface area contributed by atoms with Gasteiger partial charge in [0.15, 0.2) is 0 Å². The molecule has 2 amide bonds. The molecule has 1 aliphatic rings. The summed E-state index contributed by atoms with van der Waals surface area (Å²) in [5.74, 6) is -0.391. The van der Waals surface area contributed by atoms with Crippen molar-refractivity contribution in [2.24, 2.45) is 5.92 Å². The van der Waals surface area contributed by atoms with Gasteiger partial charge in [-0.1, -0.05) is 42.8 Å². The number of amides is 2. The maximum Gasteiger partial charge on any atom is 0.229 e. The summed E-state index contributed by atoms with van der Waals surface area (Å²) in [5.41, 5.74) is 5.11. The topological polar surface area (TPSA) is 49.4 Å². The first-order valence-electron chi connectivity index (χ1n) is 8.76. The second-order valence-corrected chi connectivity index (χ2v) is 6.70. The van der Waals surface area contributed by atoms with Crippen LogP contribution in [-0.4, -0.2) is 18.4 Å². The van der Waals surface area contributed by atoms with Crippen LogP contribution in [0.2, 0.25) is 0 Å². The molecule has 1 fully saturated rings. The van der Waals surface area contributed by atoms with Crippen molar-refractivity contribution in [3.63, 3.8) is 0 Å². The zero-order chi connectivity index (χ0) is 18.0. The van der Waals surface area contributed by atoms with Crippen molar-refractivity contribution in [3.8, 4) is 0 Å². The van der Waals surface area contributed by atoms with E-state index in [4.69, 9.17) is 0 Å². The van der Waals surface area contributed by atoms with Gasteiger partial charge in [0.2, 0.25) is 11.8 Å². The van der Waals surface area contributed by atoms with Gasteiger partial charge in [-0.15, -0.1) is 0 Å². The molecule has 2 aromatic carbocycles. The summed E-state index contributed by atoms with van der Waals surface area (Å²) in [6.07, 6.45) is 1.12. The van der Waals surface area contributed by atoms with Crippen LogP contribution in [0, 0.1) is 19.8 Å². The summed E-state index contributed by atoms with van der Waals surface area (Å²) in [6.45, 7) is 6.54. The van der Waals surface area contributed by atoms with E-state index in [0.717, 1.165) is 34.5 Å². The number of hydrogen-bond donors (Lipinski definition) is 1. The van der Waals surface area contributed by atoms with Crippen molar-refractivity contribution in [1.82, 2.24) is 0 Å². The van der Waals surface area contributed by atoms with E-state index in [1.54, 1.807) is 4.90 Å². The number of carbonyl (C=O) groups excluding carboxylic acids is 2. The van der Waals surface area contributed by atoms with Crippen LogP contribution in [0.4, 0.5) is 11.4 Å². The largest absolute Gasteiger partial charge is 0.326 e. The lowest BCUT2D eigenvalue weighted by Crippen LogP contribution is -2.29. The Morgan fingerprint density at radius 3 is 2.56 bits per heavy atom. The fourth-order valence-corrected chi connectivity index (χ4v) is 3.37. The van der Waals surface area contributed by atoms with Gasteiger partial charge in [0, 0.05) is 24.3 Å². The third-order valence-corrected chi connectivity index (χ3v) is 4.79. The Hall–Kier alpha value is -2.62.